The van der Waals surface area contributed by atoms with Crippen LogP contribution in [0.1, 0.15) is 96.8 Å². The van der Waals surface area contributed by atoms with E-state index in [1.807, 2.05) is 32.2 Å². The van der Waals surface area contributed by atoms with Crippen LogP contribution in [0.25, 0.3) is 17.3 Å². The minimum atomic E-state index is 0.377. The molecule has 1 saturated heterocycles. The summed E-state index contributed by atoms with van der Waals surface area (Å²) in [7, 11) is 0. The van der Waals surface area contributed by atoms with Gasteiger partial charge in [-0.05, 0) is 46.0 Å². The van der Waals surface area contributed by atoms with Gasteiger partial charge in [0.1, 0.15) is 5.01 Å². The van der Waals surface area contributed by atoms with Gasteiger partial charge in [0.05, 0.1) is 11.4 Å². The molecule has 3 heterocycles. The third kappa shape index (κ3) is 10.4. The van der Waals surface area contributed by atoms with Crippen LogP contribution in [0.3, 0.4) is 0 Å². The molecule has 1 unspecified atom stereocenters. The minimum absolute atomic E-state index is 0.377. The molecule has 0 aromatic carbocycles. The maximum atomic E-state index is 5.20. The normalized spacial score (nSPS) is 15.7. The molecule has 1 aliphatic heterocycles. The summed E-state index contributed by atoms with van der Waals surface area (Å²) in [4.78, 5) is 13.0. The first-order chi connectivity index (χ1) is 17.4. The van der Waals surface area contributed by atoms with E-state index in [4.69, 9.17) is 14.7 Å². The van der Waals surface area contributed by atoms with Crippen molar-refractivity contribution >= 4 is 23.1 Å². The van der Waals surface area contributed by atoms with Crippen molar-refractivity contribution < 1.29 is 4.74 Å². The molecule has 0 radical (unpaired) electrons. The maximum Gasteiger partial charge on any atom is 0.138 e. The highest BCUT2D eigenvalue weighted by atomic mass is 32.1. The Bertz CT molecular complexity index is 974. The van der Waals surface area contributed by atoms with Crippen molar-refractivity contribution in [2.45, 2.75) is 87.5 Å². The monoisotopic (exact) mass is 511 g/mol. The zero-order valence-electron chi connectivity index (χ0n) is 24.0. The minimum Gasteiger partial charge on any atom is -0.381 e. The molecule has 0 bridgehead atoms. The molecule has 200 valence electrons. The summed E-state index contributed by atoms with van der Waals surface area (Å²) in [6.45, 7) is 22.8. The topological polar surface area (TPSA) is 50.3 Å². The average molecular weight is 512 g/mol. The van der Waals surface area contributed by atoms with Gasteiger partial charge in [0.25, 0.3) is 0 Å². The molecule has 4 nitrogen and oxygen atoms in total. The predicted octanol–water partition coefficient (Wildman–Crippen LogP) is 9.64. The highest BCUT2D eigenvalue weighted by Gasteiger charge is 2.18. The molecule has 1 atom stereocenters. The molecule has 1 aliphatic rings. The number of aromatic nitrogens is 2. The zero-order chi connectivity index (χ0) is 26.9. The smallest absolute Gasteiger partial charge is 0.138 e. The number of nitrogens with one attached hydrogen (secondary N) is 1. The van der Waals surface area contributed by atoms with E-state index >= 15 is 0 Å². The Morgan fingerprint density at radius 1 is 1.28 bits per heavy atom. The number of aryl methyl sites for hydroxylation is 1. The first-order valence-electron chi connectivity index (χ1n) is 13.6. The first-order valence-corrected chi connectivity index (χ1v) is 14.5. The van der Waals surface area contributed by atoms with E-state index in [0.717, 1.165) is 64.5 Å². The van der Waals surface area contributed by atoms with Crippen LogP contribution in [0.15, 0.2) is 47.1 Å². The number of rotatable bonds is 8. The Morgan fingerprint density at radius 3 is 2.47 bits per heavy atom. The first kappa shape index (κ1) is 31.8. The lowest BCUT2D eigenvalue weighted by Crippen LogP contribution is -2.14. The van der Waals surface area contributed by atoms with Crippen molar-refractivity contribution in [3.63, 3.8) is 0 Å². The molecule has 1 N–H and O–H groups in total. The van der Waals surface area contributed by atoms with E-state index in [9.17, 15) is 0 Å². The Balaban J connectivity index is 0.000000488. The van der Waals surface area contributed by atoms with Crippen LogP contribution in [0.5, 0.6) is 0 Å². The second-order valence-electron chi connectivity index (χ2n) is 9.28. The number of hydrogen-bond donors (Lipinski definition) is 1. The maximum absolute atomic E-state index is 5.20. The fourth-order valence-electron chi connectivity index (χ4n) is 3.62. The highest BCUT2D eigenvalue weighted by molar-refractivity contribution is 7.12. The molecular weight excluding hydrogens is 462 g/mol. The molecule has 36 heavy (non-hydrogen) atoms. The molecule has 0 amide bonds. The lowest BCUT2D eigenvalue weighted by Gasteiger charge is -2.19. The zero-order valence-corrected chi connectivity index (χ0v) is 24.8. The third-order valence-corrected chi connectivity index (χ3v) is 7.10. The summed E-state index contributed by atoms with van der Waals surface area (Å²) in [6.07, 6.45) is 16.1. The van der Waals surface area contributed by atoms with E-state index in [1.165, 1.54) is 25.7 Å². The van der Waals surface area contributed by atoms with Crippen LogP contribution in [0.4, 0.5) is 0 Å². The van der Waals surface area contributed by atoms with Gasteiger partial charge in [-0.3, -0.25) is 4.99 Å². The van der Waals surface area contributed by atoms with Crippen molar-refractivity contribution in [2.24, 2.45) is 16.8 Å². The van der Waals surface area contributed by atoms with Crippen LogP contribution >= 0.6 is 11.3 Å². The molecule has 2 aromatic rings. The molecule has 0 saturated carbocycles. The second kappa shape index (κ2) is 18.1. The van der Waals surface area contributed by atoms with Gasteiger partial charge >= 0.3 is 0 Å². The van der Waals surface area contributed by atoms with Gasteiger partial charge in [0, 0.05) is 53.2 Å². The van der Waals surface area contributed by atoms with Crippen LogP contribution in [-0.4, -0.2) is 28.9 Å². The summed E-state index contributed by atoms with van der Waals surface area (Å²) in [6, 6.07) is 0. The summed E-state index contributed by atoms with van der Waals surface area (Å²) in [5.41, 5.74) is 6.49. The highest BCUT2D eigenvalue weighted by Crippen LogP contribution is 2.30. The number of aliphatic imine (C=N–C) groups is 1. The number of aromatic amines is 1. The summed E-state index contributed by atoms with van der Waals surface area (Å²) in [5, 5.41) is 3.12. The van der Waals surface area contributed by atoms with Crippen LogP contribution in [0, 0.1) is 18.8 Å². The number of allylic oxidation sites excluding steroid dienone is 4. The van der Waals surface area contributed by atoms with Crippen LogP contribution in [-0.2, 0) is 4.74 Å². The Morgan fingerprint density at radius 2 is 1.94 bits per heavy atom. The number of H-pyrrole nitrogens is 1. The third-order valence-electron chi connectivity index (χ3n) is 6.24. The molecule has 3 rings (SSSR count). The number of nitrogens with zero attached hydrogens (tertiary/aromatic N) is 2. The Labute approximate surface area is 224 Å². The second-order valence-corrected chi connectivity index (χ2v) is 10.1. The van der Waals surface area contributed by atoms with Crippen molar-refractivity contribution in [3.8, 4) is 11.3 Å². The van der Waals surface area contributed by atoms with E-state index in [0.29, 0.717) is 5.92 Å². The largest absolute Gasteiger partial charge is 0.381 e. The van der Waals surface area contributed by atoms with Gasteiger partial charge in [-0.15, -0.1) is 11.3 Å². The molecule has 2 aromatic heterocycles. The lowest BCUT2D eigenvalue weighted by atomic mass is 9.98. The lowest BCUT2D eigenvalue weighted by molar-refractivity contribution is 0.0654. The summed E-state index contributed by atoms with van der Waals surface area (Å²) in [5.74, 6) is 1.34. The molecule has 0 spiro atoms. The van der Waals surface area contributed by atoms with Gasteiger partial charge in [0.15, 0.2) is 0 Å². The molecule has 1 fully saturated rings. The van der Waals surface area contributed by atoms with Crippen LogP contribution < -0.4 is 0 Å². The number of ether oxygens (including phenoxy) is 1. The van der Waals surface area contributed by atoms with E-state index in [1.54, 1.807) is 17.4 Å². The fraction of sp³-hybridized carbons (Fsp3) is 0.548. The molecule has 5 heteroatoms. The van der Waals surface area contributed by atoms with Crippen molar-refractivity contribution in [3.05, 3.63) is 58.3 Å². The van der Waals surface area contributed by atoms with Crippen molar-refractivity contribution in [1.29, 1.82) is 0 Å². The van der Waals surface area contributed by atoms with E-state index in [-0.39, 0.29) is 0 Å². The van der Waals surface area contributed by atoms with E-state index in [2.05, 4.69) is 64.6 Å². The molecular formula is C31H49N3OS. The van der Waals surface area contributed by atoms with Crippen molar-refractivity contribution in [1.82, 2.24) is 9.97 Å². The van der Waals surface area contributed by atoms with Gasteiger partial charge in [-0.2, -0.15) is 0 Å². The quantitative estimate of drug-likeness (QED) is 0.283. The van der Waals surface area contributed by atoms with Crippen molar-refractivity contribution in [2.75, 3.05) is 13.2 Å². The van der Waals surface area contributed by atoms with Gasteiger partial charge in [0.2, 0.25) is 0 Å². The van der Waals surface area contributed by atoms with Crippen LogP contribution in [0.2, 0.25) is 0 Å². The average Bonchev–Trinajstić information content (AvgIpc) is 3.53. The number of thiazole rings is 1. The Hall–Kier alpha value is -2.24. The predicted molar refractivity (Wildman–Crippen MR) is 161 cm³/mol. The van der Waals surface area contributed by atoms with E-state index < -0.39 is 0 Å². The fourth-order valence-corrected chi connectivity index (χ4v) is 4.54. The summed E-state index contributed by atoms with van der Waals surface area (Å²) >= 11 is 1.66. The Kier molecular flexibility index (Phi) is 16.0. The van der Waals surface area contributed by atoms with Gasteiger partial charge in [-0.25, -0.2) is 4.98 Å². The van der Waals surface area contributed by atoms with Gasteiger partial charge < -0.3 is 9.72 Å². The SMILES string of the molecule is C=C/C=C\c1c(-c2csc(C(=N/C(C)=C\C)C(C)CC)n2)c[nH]c1C.CCC.CCC1CCOCC1. The standard InChI is InChI=1S/C21H27N3S.C7H14O.C3H8/c1-7-10-11-17-16(6)22-12-18(17)19-13-25-21(24-19)20(14(4)8-2)23-15(5)9-3;1-2-7-3-5-8-6-4-7;1-3-2/h7,9-14,22H,1,8H2,2-6H3;7H,2-6H2,1H3;3H2,1-2H3/b11-10-,15-9-,23-20?;;. The van der Waals surface area contributed by atoms with Gasteiger partial charge in [-0.1, -0.05) is 78.3 Å². The summed E-state index contributed by atoms with van der Waals surface area (Å²) < 4.78 is 5.20. The molecule has 0 aliphatic carbocycles. The number of hydrogen-bond acceptors (Lipinski definition) is 4.